The first kappa shape index (κ1) is 27.3. The summed E-state index contributed by atoms with van der Waals surface area (Å²) in [6.45, 7) is 13.5. The minimum absolute atomic E-state index is 1.30. The summed E-state index contributed by atoms with van der Waals surface area (Å²) in [5.74, 6) is 0. The lowest BCUT2D eigenvalue weighted by Crippen LogP contribution is -1.93. The second kappa shape index (κ2) is 10.2. The van der Waals surface area contributed by atoms with E-state index >= 15 is 0 Å². The minimum atomic E-state index is 1.30. The van der Waals surface area contributed by atoms with Crippen molar-refractivity contribution in [1.29, 1.82) is 0 Å². The number of hydrogen-bond acceptors (Lipinski definition) is 0. The highest BCUT2D eigenvalue weighted by Gasteiger charge is 2.25. The largest absolute Gasteiger partial charge is 0.240 e. The molecule has 2 heteroatoms. The van der Waals surface area contributed by atoms with Crippen LogP contribution in [0.5, 0.6) is 0 Å². The Balaban J connectivity index is 1.52. The van der Waals surface area contributed by atoms with Crippen LogP contribution in [0.1, 0.15) is 33.4 Å². The maximum absolute atomic E-state index is 2.46. The van der Waals surface area contributed by atoms with Crippen molar-refractivity contribution in [2.75, 3.05) is 0 Å². The van der Waals surface area contributed by atoms with Crippen LogP contribution < -0.4 is 0 Å². The fourth-order valence-corrected chi connectivity index (χ4v) is 9.85. The molecule has 0 saturated carbocycles. The van der Waals surface area contributed by atoms with E-state index in [9.17, 15) is 0 Å². The number of fused-ring (bicyclic) bond motifs is 5. The lowest BCUT2D eigenvalue weighted by Gasteiger charge is -2.15. The molecule has 2 heterocycles. The summed E-state index contributed by atoms with van der Waals surface area (Å²) in [7, 11) is 0. The molecule has 0 spiro atoms. The highest BCUT2D eigenvalue weighted by molar-refractivity contribution is 7.25. The molecule has 2 aromatic heterocycles. The van der Waals surface area contributed by atoms with E-state index in [2.05, 4.69) is 139 Å². The molecule has 0 N–H and O–H groups in total. The lowest BCUT2D eigenvalue weighted by molar-refractivity contribution is 1.33. The number of benzene rings is 6. The van der Waals surface area contributed by atoms with Crippen molar-refractivity contribution in [2.45, 2.75) is 41.5 Å². The van der Waals surface area contributed by atoms with Crippen molar-refractivity contribution in [2.24, 2.45) is 0 Å². The highest BCUT2D eigenvalue weighted by atomic mass is 32.1. The zero-order chi connectivity index (χ0) is 30.3. The van der Waals surface area contributed by atoms with Gasteiger partial charge in [-0.05, 0) is 110 Å². The zero-order valence-electron chi connectivity index (χ0n) is 26.1. The predicted molar refractivity (Wildman–Crippen MR) is 198 cm³/mol. The summed E-state index contributed by atoms with van der Waals surface area (Å²) in [5, 5.41) is 7.94. The van der Waals surface area contributed by atoms with Gasteiger partial charge in [-0.3, -0.25) is 0 Å². The van der Waals surface area contributed by atoms with Crippen molar-refractivity contribution in [1.82, 2.24) is 0 Å². The average molecular weight is 603 g/mol. The van der Waals surface area contributed by atoms with Crippen LogP contribution in [0.4, 0.5) is 0 Å². The van der Waals surface area contributed by atoms with Crippen molar-refractivity contribution in [3.8, 4) is 22.3 Å². The predicted octanol–water partition coefficient (Wildman–Crippen LogP) is 13.3. The van der Waals surface area contributed by atoms with Gasteiger partial charge in [0.15, 0.2) is 0 Å². The van der Waals surface area contributed by atoms with Crippen LogP contribution in [0.25, 0.3) is 73.4 Å². The first-order chi connectivity index (χ1) is 21.3. The van der Waals surface area contributed by atoms with Crippen molar-refractivity contribution in [3.05, 3.63) is 130 Å². The second-order valence-electron chi connectivity index (χ2n) is 12.5. The van der Waals surface area contributed by atoms with Gasteiger partial charge >= 0.3 is 0 Å². The SMILES string of the molecule is Cc1cc(C)c(-c2c3ccccc3[s+]c3cc4cc5c(-c6c(C)cc(C)cc6C)c6ccccc6[s+]c5cc4cc23)c(C)c1. The van der Waals surface area contributed by atoms with Crippen LogP contribution in [-0.4, -0.2) is 0 Å². The minimum Gasteiger partial charge on any atom is -0.0612 e. The third kappa shape index (κ3) is 4.24. The quantitative estimate of drug-likeness (QED) is 0.136. The van der Waals surface area contributed by atoms with Gasteiger partial charge in [0, 0.05) is 56.9 Å². The first-order valence-electron chi connectivity index (χ1n) is 15.3. The molecular weight excluding hydrogens is 569 g/mol. The Kier molecular flexibility index (Phi) is 6.31. The van der Waals surface area contributed by atoms with Crippen LogP contribution in [0.15, 0.2) is 97.1 Å². The Morgan fingerprint density at radius 3 is 1.09 bits per heavy atom. The molecule has 8 aromatic rings. The summed E-state index contributed by atoms with van der Waals surface area (Å²) in [5.41, 5.74) is 13.4. The lowest BCUT2D eigenvalue weighted by atomic mass is 9.88. The Hall–Kier alpha value is -4.24. The Bertz CT molecular complexity index is 2280. The van der Waals surface area contributed by atoms with Gasteiger partial charge in [-0.1, -0.05) is 59.7 Å². The smallest absolute Gasteiger partial charge is 0.0612 e. The Morgan fingerprint density at radius 1 is 0.341 bits per heavy atom. The molecular formula is C42H34S2+2. The molecule has 0 aliphatic rings. The van der Waals surface area contributed by atoms with Crippen LogP contribution in [0, 0.1) is 41.5 Å². The molecule has 0 aliphatic carbocycles. The van der Waals surface area contributed by atoms with Gasteiger partial charge in [-0.25, -0.2) is 0 Å². The number of hydrogen-bond donors (Lipinski definition) is 0. The third-order valence-corrected chi connectivity index (χ3v) is 11.4. The van der Waals surface area contributed by atoms with E-state index in [1.165, 1.54) is 107 Å². The summed E-state index contributed by atoms with van der Waals surface area (Å²) in [6.07, 6.45) is 0. The molecule has 0 unspecified atom stereocenters. The summed E-state index contributed by atoms with van der Waals surface area (Å²) < 4.78 is 5.32. The van der Waals surface area contributed by atoms with E-state index in [-0.39, 0.29) is 0 Å². The maximum atomic E-state index is 2.46. The van der Waals surface area contributed by atoms with Gasteiger partial charge in [-0.15, -0.1) is 0 Å². The fourth-order valence-electron chi connectivity index (χ4n) is 7.61. The topological polar surface area (TPSA) is 0 Å². The molecule has 0 aliphatic heterocycles. The molecule has 0 saturated heterocycles. The van der Waals surface area contributed by atoms with Crippen LogP contribution in [0.3, 0.4) is 0 Å². The van der Waals surface area contributed by atoms with Gasteiger partial charge in [-0.2, -0.15) is 0 Å². The Labute approximate surface area is 266 Å². The van der Waals surface area contributed by atoms with E-state index in [0.717, 1.165) is 0 Å². The molecule has 8 rings (SSSR count). The van der Waals surface area contributed by atoms with Gasteiger partial charge < -0.3 is 0 Å². The van der Waals surface area contributed by atoms with Crippen LogP contribution in [-0.2, 0) is 0 Å². The molecule has 0 fully saturated rings. The van der Waals surface area contributed by atoms with Gasteiger partial charge in [0.05, 0.1) is 0 Å². The zero-order valence-corrected chi connectivity index (χ0v) is 27.7. The number of rotatable bonds is 2. The van der Waals surface area contributed by atoms with Crippen molar-refractivity contribution >= 4 is 73.8 Å². The van der Waals surface area contributed by atoms with Gasteiger partial charge in [0.2, 0.25) is 41.5 Å². The Morgan fingerprint density at radius 2 is 0.705 bits per heavy atom. The fraction of sp³-hybridized carbons (Fsp3) is 0.143. The first-order valence-corrected chi connectivity index (χ1v) is 17.0. The summed E-state index contributed by atoms with van der Waals surface area (Å²) in [6, 6.07) is 37.0. The summed E-state index contributed by atoms with van der Waals surface area (Å²) >= 11 is 3.81. The summed E-state index contributed by atoms with van der Waals surface area (Å²) in [4.78, 5) is 0. The molecule has 0 amide bonds. The molecule has 0 nitrogen and oxygen atoms in total. The van der Waals surface area contributed by atoms with E-state index in [0.29, 0.717) is 0 Å². The molecule has 0 radical (unpaired) electrons. The van der Waals surface area contributed by atoms with Crippen LogP contribution in [0.2, 0.25) is 0 Å². The van der Waals surface area contributed by atoms with Gasteiger partial charge in [0.25, 0.3) is 0 Å². The second-order valence-corrected chi connectivity index (χ2v) is 14.7. The molecule has 6 aromatic carbocycles. The van der Waals surface area contributed by atoms with E-state index < -0.39 is 0 Å². The molecule has 0 atom stereocenters. The molecule has 212 valence electrons. The van der Waals surface area contributed by atoms with E-state index in [1.807, 2.05) is 22.7 Å². The third-order valence-electron chi connectivity index (χ3n) is 9.18. The maximum Gasteiger partial charge on any atom is 0.240 e. The standard InChI is InChI=1S/C42H34S2/c1-23-15-25(3)39(26(4)16-23)41-31-11-7-9-13-35(31)43-37-21-30-20-34-38(22-29(30)19-33(37)41)44-36-14-10-8-12-32(36)42(34)40-27(5)17-24(2)18-28(40)6/h7-22H,1-6H3/q+2. The van der Waals surface area contributed by atoms with E-state index in [1.54, 1.807) is 0 Å². The normalized spacial score (nSPS) is 11.9. The van der Waals surface area contributed by atoms with Gasteiger partial charge in [0.1, 0.15) is 0 Å². The van der Waals surface area contributed by atoms with Crippen molar-refractivity contribution < 1.29 is 0 Å². The molecule has 44 heavy (non-hydrogen) atoms. The average Bonchev–Trinajstić information content (AvgIpc) is 2.97. The van der Waals surface area contributed by atoms with Crippen LogP contribution >= 0.6 is 22.7 Å². The monoisotopic (exact) mass is 602 g/mol. The van der Waals surface area contributed by atoms with Crippen molar-refractivity contribution in [3.63, 3.8) is 0 Å². The number of aryl methyl sites for hydroxylation is 6. The highest BCUT2D eigenvalue weighted by Crippen LogP contribution is 2.46. The molecule has 0 bridgehead atoms. The van der Waals surface area contributed by atoms with E-state index in [4.69, 9.17) is 0 Å².